The average Bonchev–Trinajstić information content (AvgIpc) is 3.48. The van der Waals surface area contributed by atoms with Gasteiger partial charge >= 0.3 is 5.97 Å². The Morgan fingerprint density at radius 1 is 1.03 bits per heavy atom. The standard InChI is InChI=1S/C23H31N7O4/c24-8-4-3-6-17(25)21(31)29-19(10-15-12-26-13-28-15)22(32)30-20(23(33)34)9-14-11-27-18-7-2-1-5-16(14)18/h1-2,5,7,11-13,17,19-20,27H,3-4,6,8-10,24-25H2,(H,26,28)(H,29,31)(H,30,32)(H,33,34). The predicted octanol–water partition coefficient (Wildman–Crippen LogP) is 0.187. The second-order valence-electron chi connectivity index (χ2n) is 8.20. The lowest BCUT2D eigenvalue weighted by Crippen LogP contribution is -2.55. The van der Waals surface area contributed by atoms with E-state index in [-0.39, 0.29) is 12.8 Å². The zero-order valence-electron chi connectivity index (χ0n) is 18.8. The molecule has 3 unspecified atom stereocenters. The van der Waals surface area contributed by atoms with E-state index in [1.165, 1.54) is 12.5 Å². The second-order valence-corrected chi connectivity index (χ2v) is 8.20. The summed E-state index contributed by atoms with van der Waals surface area (Å²) in [7, 11) is 0. The Morgan fingerprint density at radius 2 is 1.79 bits per heavy atom. The topological polar surface area (TPSA) is 192 Å². The Kier molecular flexibility index (Phi) is 8.77. The number of aromatic nitrogens is 3. The number of H-pyrrole nitrogens is 2. The molecule has 0 aliphatic rings. The molecule has 0 saturated carbocycles. The third-order valence-corrected chi connectivity index (χ3v) is 5.63. The highest BCUT2D eigenvalue weighted by atomic mass is 16.4. The van der Waals surface area contributed by atoms with Gasteiger partial charge in [0.1, 0.15) is 12.1 Å². The molecule has 0 spiro atoms. The number of carboxylic acids is 1. The molecule has 34 heavy (non-hydrogen) atoms. The minimum atomic E-state index is -1.19. The minimum absolute atomic E-state index is 0.0778. The van der Waals surface area contributed by atoms with Crippen LogP contribution in [0.15, 0.2) is 43.0 Å². The minimum Gasteiger partial charge on any atom is -0.480 e. The lowest BCUT2D eigenvalue weighted by Gasteiger charge is -2.22. The number of amides is 2. The lowest BCUT2D eigenvalue weighted by molar-refractivity contribution is -0.142. The summed E-state index contributed by atoms with van der Waals surface area (Å²) in [6.45, 7) is 0.506. The third kappa shape index (κ3) is 6.65. The van der Waals surface area contributed by atoms with E-state index in [0.717, 1.165) is 22.9 Å². The number of carboxylic acid groups (broad SMARTS) is 1. The first-order valence-corrected chi connectivity index (χ1v) is 11.2. The van der Waals surface area contributed by atoms with Crippen molar-refractivity contribution < 1.29 is 19.5 Å². The number of imidazole rings is 1. The van der Waals surface area contributed by atoms with Gasteiger partial charge in [0.25, 0.3) is 0 Å². The van der Waals surface area contributed by atoms with Crippen LogP contribution in [0.5, 0.6) is 0 Å². The fourth-order valence-electron chi connectivity index (χ4n) is 3.74. The fraction of sp³-hybridized carbons (Fsp3) is 0.391. The smallest absolute Gasteiger partial charge is 0.326 e. The van der Waals surface area contributed by atoms with Crippen LogP contribution in [0.1, 0.15) is 30.5 Å². The summed E-state index contributed by atoms with van der Waals surface area (Å²) in [4.78, 5) is 47.6. The van der Waals surface area contributed by atoms with Gasteiger partial charge in [0.05, 0.1) is 12.4 Å². The van der Waals surface area contributed by atoms with Crippen LogP contribution in [0.4, 0.5) is 0 Å². The zero-order chi connectivity index (χ0) is 24.5. The van der Waals surface area contributed by atoms with Crippen LogP contribution >= 0.6 is 0 Å². The van der Waals surface area contributed by atoms with Gasteiger partial charge in [-0.2, -0.15) is 0 Å². The van der Waals surface area contributed by atoms with Gasteiger partial charge in [-0.1, -0.05) is 24.6 Å². The first kappa shape index (κ1) is 24.9. The molecule has 3 atom stereocenters. The third-order valence-electron chi connectivity index (χ3n) is 5.63. The summed E-state index contributed by atoms with van der Waals surface area (Å²) in [6, 6.07) is 4.49. The van der Waals surface area contributed by atoms with Crippen LogP contribution in [0.25, 0.3) is 10.9 Å². The van der Waals surface area contributed by atoms with Gasteiger partial charge in [-0.15, -0.1) is 0 Å². The number of carbonyl (C=O) groups is 3. The Hall–Kier alpha value is -3.70. The molecular formula is C23H31N7O4. The Balaban J connectivity index is 1.71. The monoisotopic (exact) mass is 469 g/mol. The number of carbonyl (C=O) groups excluding carboxylic acids is 2. The van der Waals surface area contributed by atoms with E-state index >= 15 is 0 Å². The lowest BCUT2D eigenvalue weighted by atomic mass is 10.0. The molecule has 2 aromatic heterocycles. The fourth-order valence-corrected chi connectivity index (χ4v) is 3.74. The molecule has 0 radical (unpaired) electrons. The maximum Gasteiger partial charge on any atom is 0.326 e. The molecule has 0 fully saturated rings. The summed E-state index contributed by atoms with van der Waals surface area (Å²) < 4.78 is 0. The molecule has 3 rings (SSSR count). The molecule has 0 bridgehead atoms. The van der Waals surface area contributed by atoms with Crippen LogP contribution in [0.2, 0.25) is 0 Å². The maximum atomic E-state index is 13.1. The van der Waals surface area contributed by atoms with Gasteiger partial charge in [-0.05, 0) is 31.0 Å². The van der Waals surface area contributed by atoms with Crippen molar-refractivity contribution in [2.75, 3.05) is 6.54 Å². The summed E-state index contributed by atoms with van der Waals surface area (Å²) in [5.41, 5.74) is 13.7. The number of nitrogens with one attached hydrogen (secondary N) is 4. The molecule has 3 aromatic rings. The number of benzene rings is 1. The van der Waals surface area contributed by atoms with Crippen LogP contribution in [0.3, 0.4) is 0 Å². The summed E-state index contributed by atoms with van der Waals surface area (Å²) in [5, 5.41) is 15.9. The average molecular weight is 470 g/mol. The van der Waals surface area contributed by atoms with Gasteiger partial charge in [0, 0.05) is 41.8 Å². The summed E-state index contributed by atoms with van der Waals surface area (Å²) in [5.74, 6) is -2.28. The highest BCUT2D eigenvalue weighted by Crippen LogP contribution is 2.19. The molecule has 9 N–H and O–H groups in total. The van der Waals surface area contributed by atoms with Gasteiger partial charge in [0.2, 0.25) is 11.8 Å². The van der Waals surface area contributed by atoms with E-state index in [4.69, 9.17) is 11.5 Å². The SMILES string of the molecule is NCCCCC(N)C(=O)NC(Cc1cnc[nH]1)C(=O)NC(Cc1c[nH]c2ccccc12)C(=O)O. The first-order valence-electron chi connectivity index (χ1n) is 11.2. The molecule has 11 heteroatoms. The Bertz CT molecular complexity index is 1100. The van der Waals surface area contributed by atoms with Crippen molar-refractivity contribution in [3.05, 3.63) is 54.2 Å². The molecular weight excluding hydrogens is 438 g/mol. The van der Waals surface area contributed by atoms with Gasteiger partial charge in [-0.3, -0.25) is 9.59 Å². The van der Waals surface area contributed by atoms with Gasteiger partial charge in [0.15, 0.2) is 0 Å². The molecule has 11 nitrogen and oxygen atoms in total. The second kappa shape index (κ2) is 12.0. The van der Waals surface area contributed by atoms with E-state index in [0.29, 0.717) is 25.1 Å². The molecule has 2 amide bonds. The van der Waals surface area contributed by atoms with Crippen LogP contribution < -0.4 is 22.1 Å². The van der Waals surface area contributed by atoms with Gasteiger partial charge in [-0.25, -0.2) is 9.78 Å². The molecule has 0 aliphatic carbocycles. The van der Waals surface area contributed by atoms with Crippen molar-refractivity contribution in [1.29, 1.82) is 0 Å². The van der Waals surface area contributed by atoms with Crippen molar-refractivity contribution >= 4 is 28.7 Å². The number of nitrogens with zero attached hydrogens (tertiary/aromatic N) is 1. The van der Waals surface area contributed by atoms with E-state index in [2.05, 4.69) is 25.6 Å². The molecule has 2 heterocycles. The number of hydrogen-bond donors (Lipinski definition) is 7. The van der Waals surface area contributed by atoms with E-state index in [9.17, 15) is 19.5 Å². The number of para-hydroxylation sites is 1. The number of aliphatic carboxylic acids is 1. The number of aromatic amines is 2. The summed E-state index contributed by atoms with van der Waals surface area (Å²) in [6.07, 6.45) is 6.77. The highest BCUT2D eigenvalue weighted by Gasteiger charge is 2.29. The quantitative estimate of drug-likeness (QED) is 0.174. The number of unbranched alkanes of at least 4 members (excludes halogenated alkanes) is 1. The van der Waals surface area contributed by atoms with Crippen molar-refractivity contribution in [1.82, 2.24) is 25.6 Å². The first-order chi connectivity index (χ1) is 16.4. The number of hydrogen-bond acceptors (Lipinski definition) is 6. The van der Waals surface area contributed by atoms with Crippen LogP contribution in [-0.2, 0) is 27.2 Å². The molecule has 1 aromatic carbocycles. The molecule has 0 saturated heterocycles. The van der Waals surface area contributed by atoms with Crippen LogP contribution in [0, 0.1) is 0 Å². The van der Waals surface area contributed by atoms with E-state index < -0.39 is 35.9 Å². The van der Waals surface area contributed by atoms with Crippen molar-refractivity contribution in [3.8, 4) is 0 Å². The van der Waals surface area contributed by atoms with Crippen molar-refractivity contribution in [3.63, 3.8) is 0 Å². The number of fused-ring (bicyclic) bond motifs is 1. The summed E-state index contributed by atoms with van der Waals surface area (Å²) >= 11 is 0. The van der Waals surface area contributed by atoms with Crippen molar-refractivity contribution in [2.45, 2.75) is 50.2 Å². The van der Waals surface area contributed by atoms with E-state index in [1.54, 1.807) is 6.20 Å². The normalized spacial score (nSPS) is 13.8. The molecule has 0 aliphatic heterocycles. The van der Waals surface area contributed by atoms with Crippen LogP contribution in [-0.4, -0.2) is 62.5 Å². The Labute approximate surface area is 196 Å². The molecule has 182 valence electrons. The maximum absolute atomic E-state index is 13.1. The number of rotatable bonds is 13. The van der Waals surface area contributed by atoms with E-state index in [1.807, 2.05) is 24.3 Å². The Morgan fingerprint density at radius 3 is 2.50 bits per heavy atom. The van der Waals surface area contributed by atoms with Gasteiger partial charge < -0.3 is 37.2 Å². The number of nitrogens with two attached hydrogens (primary N) is 2. The van der Waals surface area contributed by atoms with Crippen molar-refractivity contribution in [2.24, 2.45) is 11.5 Å². The zero-order valence-corrected chi connectivity index (χ0v) is 18.8. The predicted molar refractivity (Wildman–Crippen MR) is 127 cm³/mol. The highest BCUT2D eigenvalue weighted by molar-refractivity contribution is 5.92. The largest absolute Gasteiger partial charge is 0.480 e.